The van der Waals surface area contributed by atoms with Crippen LogP contribution >= 0.6 is 0 Å². The van der Waals surface area contributed by atoms with Gasteiger partial charge in [-0.25, -0.2) is 4.79 Å². The number of carbonyl (C=O) groups is 1. The Morgan fingerprint density at radius 2 is 1.88 bits per heavy atom. The van der Waals surface area contributed by atoms with Crippen molar-refractivity contribution in [1.82, 2.24) is 0 Å². The molecular weight excluding hydrogens is 212 g/mol. The zero-order valence-electron chi connectivity index (χ0n) is 10.2. The van der Waals surface area contributed by atoms with Crippen LogP contribution in [0.2, 0.25) is 0 Å². The lowest BCUT2D eigenvalue weighted by Gasteiger charge is -2.14. The summed E-state index contributed by atoms with van der Waals surface area (Å²) in [5.74, 6) is -0.0748. The minimum absolute atomic E-state index is 0.413. The van der Waals surface area contributed by atoms with Crippen molar-refractivity contribution in [3.05, 3.63) is 35.4 Å². The average Bonchev–Trinajstić information content (AvgIpc) is 2.58. The Morgan fingerprint density at radius 1 is 1.18 bits per heavy atom. The largest absolute Gasteiger partial charge is 0.478 e. The minimum atomic E-state index is -0.826. The third-order valence-corrected chi connectivity index (χ3v) is 3.67. The van der Waals surface area contributed by atoms with Crippen LogP contribution in [-0.2, 0) is 6.42 Å². The fourth-order valence-corrected chi connectivity index (χ4v) is 2.73. The molecule has 0 amide bonds. The van der Waals surface area contributed by atoms with Crippen molar-refractivity contribution in [2.75, 3.05) is 0 Å². The zero-order chi connectivity index (χ0) is 12.1. The second kappa shape index (κ2) is 5.85. The fourth-order valence-electron chi connectivity index (χ4n) is 2.73. The third kappa shape index (κ3) is 3.58. The molecule has 0 saturated heterocycles. The Bertz CT molecular complexity index is 376. The molecule has 2 nitrogen and oxygen atoms in total. The molecular formula is C15H20O2. The van der Waals surface area contributed by atoms with E-state index in [0.717, 1.165) is 12.3 Å². The van der Waals surface area contributed by atoms with Crippen molar-refractivity contribution >= 4 is 5.97 Å². The summed E-state index contributed by atoms with van der Waals surface area (Å²) in [6.07, 6.45) is 9.06. The fraction of sp³-hybridized carbons (Fsp3) is 0.533. The maximum Gasteiger partial charge on any atom is 0.335 e. The molecule has 0 bridgehead atoms. The molecule has 0 heterocycles. The molecule has 1 saturated carbocycles. The van der Waals surface area contributed by atoms with Gasteiger partial charge in [0.1, 0.15) is 0 Å². The number of benzene rings is 1. The van der Waals surface area contributed by atoms with E-state index in [0.29, 0.717) is 5.56 Å². The number of hydrogen-bond donors (Lipinski definition) is 1. The second-order valence-corrected chi connectivity index (χ2v) is 5.07. The van der Waals surface area contributed by atoms with Gasteiger partial charge in [0.25, 0.3) is 0 Å². The molecule has 0 unspecified atom stereocenters. The molecule has 0 aromatic heterocycles. The monoisotopic (exact) mass is 232 g/mol. The molecule has 1 aromatic rings. The van der Waals surface area contributed by atoms with Gasteiger partial charge in [-0.1, -0.05) is 50.7 Å². The molecule has 1 aromatic carbocycles. The lowest BCUT2D eigenvalue weighted by Crippen LogP contribution is -2.04. The molecule has 2 rings (SSSR count). The van der Waals surface area contributed by atoms with Gasteiger partial charge in [0.15, 0.2) is 0 Å². The van der Waals surface area contributed by atoms with Crippen molar-refractivity contribution in [2.45, 2.75) is 44.9 Å². The van der Waals surface area contributed by atoms with Crippen LogP contribution in [0.3, 0.4) is 0 Å². The Hall–Kier alpha value is -1.31. The van der Waals surface area contributed by atoms with E-state index < -0.39 is 5.97 Å². The highest BCUT2D eigenvalue weighted by Gasteiger charge is 2.13. The van der Waals surface area contributed by atoms with Crippen LogP contribution in [0, 0.1) is 5.92 Å². The summed E-state index contributed by atoms with van der Waals surface area (Å²) in [5, 5.41) is 8.96. The summed E-state index contributed by atoms with van der Waals surface area (Å²) >= 11 is 0. The maximum atomic E-state index is 10.9. The van der Waals surface area contributed by atoms with Crippen molar-refractivity contribution in [1.29, 1.82) is 0 Å². The molecule has 17 heavy (non-hydrogen) atoms. The molecule has 0 atom stereocenters. The first-order chi connectivity index (χ1) is 8.25. The number of hydrogen-bond acceptors (Lipinski definition) is 1. The Morgan fingerprint density at radius 3 is 2.53 bits per heavy atom. The van der Waals surface area contributed by atoms with Gasteiger partial charge in [0.05, 0.1) is 5.56 Å². The average molecular weight is 232 g/mol. The van der Waals surface area contributed by atoms with Crippen molar-refractivity contribution in [3.63, 3.8) is 0 Å². The summed E-state index contributed by atoms with van der Waals surface area (Å²) in [6, 6.07) is 7.40. The van der Waals surface area contributed by atoms with Crippen LogP contribution < -0.4 is 0 Å². The normalized spacial score (nSPS) is 17.6. The van der Waals surface area contributed by atoms with Gasteiger partial charge in [-0.2, -0.15) is 0 Å². The second-order valence-electron chi connectivity index (χ2n) is 5.07. The minimum Gasteiger partial charge on any atom is -0.478 e. The van der Waals surface area contributed by atoms with Gasteiger partial charge in [-0.3, -0.25) is 0 Å². The van der Waals surface area contributed by atoms with Crippen molar-refractivity contribution in [3.8, 4) is 0 Å². The molecule has 1 N–H and O–H groups in total. The van der Waals surface area contributed by atoms with Crippen molar-refractivity contribution < 1.29 is 9.90 Å². The van der Waals surface area contributed by atoms with E-state index in [4.69, 9.17) is 5.11 Å². The Kier molecular flexibility index (Phi) is 4.18. The van der Waals surface area contributed by atoms with Crippen LogP contribution in [0.15, 0.2) is 24.3 Å². The molecule has 1 fully saturated rings. The highest BCUT2D eigenvalue weighted by molar-refractivity contribution is 5.87. The van der Waals surface area contributed by atoms with Crippen LogP contribution in [0.4, 0.5) is 0 Å². The van der Waals surface area contributed by atoms with Crippen LogP contribution in [0.25, 0.3) is 0 Å². The summed E-state index contributed by atoms with van der Waals surface area (Å²) in [4.78, 5) is 10.9. The first-order valence-corrected chi connectivity index (χ1v) is 6.58. The smallest absolute Gasteiger partial charge is 0.335 e. The first kappa shape index (κ1) is 12.2. The first-order valence-electron chi connectivity index (χ1n) is 6.58. The van der Waals surface area contributed by atoms with Gasteiger partial charge in [-0.05, 0) is 30.0 Å². The van der Waals surface area contributed by atoms with E-state index in [1.54, 1.807) is 6.07 Å². The predicted octanol–water partition coefficient (Wildman–Crippen LogP) is 3.90. The van der Waals surface area contributed by atoms with E-state index in [2.05, 4.69) is 6.07 Å². The highest BCUT2D eigenvalue weighted by Crippen LogP contribution is 2.26. The molecule has 0 radical (unpaired) electrons. The molecule has 1 aliphatic carbocycles. The van der Waals surface area contributed by atoms with E-state index in [-0.39, 0.29) is 0 Å². The third-order valence-electron chi connectivity index (χ3n) is 3.67. The standard InChI is InChI=1S/C15H20O2/c16-15(17)14-9-5-8-13(11-14)10-12-6-3-1-2-4-7-12/h5,8-9,11-12H,1-4,6-7,10H2,(H,16,17). The van der Waals surface area contributed by atoms with Crippen LogP contribution in [-0.4, -0.2) is 11.1 Å². The molecule has 92 valence electrons. The molecule has 0 aliphatic heterocycles. The van der Waals surface area contributed by atoms with E-state index in [1.165, 1.54) is 44.1 Å². The van der Waals surface area contributed by atoms with Gasteiger partial charge in [-0.15, -0.1) is 0 Å². The van der Waals surface area contributed by atoms with Crippen LogP contribution in [0.1, 0.15) is 54.4 Å². The van der Waals surface area contributed by atoms with Gasteiger partial charge >= 0.3 is 5.97 Å². The van der Waals surface area contributed by atoms with E-state index >= 15 is 0 Å². The van der Waals surface area contributed by atoms with Crippen LogP contribution in [0.5, 0.6) is 0 Å². The lowest BCUT2D eigenvalue weighted by atomic mass is 9.92. The summed E-state index contributed by atoms with van der Waals surface area (Å²) in [7, 11) is 0. The van der Waals surface area contributed by atoms with Gasteiger partial charge < -0.3 is 5.11 Å². The predicted molar refractivity (Wildman–Crippen MR) is 68.3 cm³/mol. The van der Waals surface area contributed by atoms with Gasteiger partial charge in [0, 0.05) is 0 Å². The number of aromatic carboxylic acids is 1. The summed E-state index contributed by atoms with van der Waals surface area (Å²) in [5.41, 5.74) is 1.59. The Balaban J connectivity index is 2.01. The SMILES string of the molecule is O=C(O)c1cccc(CC2CCCCCC2)c1. The molecule has 2 heteroatoms. The van der Waals surface area contributed by atoms with Gasteiger partial charge in [0.2, 0.25) is 0 Å². The number of rotatable bonds is 3. The topological polar surface area (TPSA) is 37.3 Å². The highest BCUT2D eigenvalue weighted by atomic mass is 16.4. The number of carboxylic acid groups (broad SMARTS) is 1. The number of carboxylic acids is 1. The van der Waals surface area contributed by atoms with E-state index in [9.17, 15) is 4.79 Å². The summed E-state index contributed by atoms with van der Waals surface area (Å²) < 4.78 is 0. The summed E-state index contributed by atoms with van der Waals surface area (Å²) in [6.45, 7) is 0. The molecule has 0 spiro atoms. The van der Waals surface area contributed by atoms with Crippen molar-refractivity contribution in [2.24, 2.45) is 5.92 Å². The van der Waals surface area contributed by atoms with E-state index in [1.807, 2.05) is 12.1 Å². The zero-order valence-corrected chi connectivity index (χ0v) is 10.2. The maximum absolute atomic E-state index is 10.9. The lowest BCUT2D eigenvalue weighted by molar-refractivity contribution is 0.0696. The molecule has 1 aliphatic rings. The quantitative estimate of drug-likeness (QED) is 0.802. The Labute approximate surface area is 103 Å².